The normalized spacial score (nSPS) is 14.4. The molecule has 0 spiro atoms. The molecule has 2 aromatic carbocycles. The van der Waals surface area contributed by atoms with Crippen LogP contribution in [-0.2, 0) is 10.0 Å². The van der Waals surface area contributed by atoms with Crippen molar-refractivity contribution in [1.82, 2.24) is 4.72 Å². The number of sulfonamides is 1. The first kappa shape index (κ1) is 17.4. The second kappa shape index (κ2) is 6.49. The lowest BCUT2D eigenvalue weighted by Crippen LogP contribution is -2.26. The number of nitrogens with one attached hydrogen (secondary N) is 2. The predicted molar refractivity (Wildman–Crippen MR) is 84.1 cm³/mol. The molecule has 1 aliphatic carbocycles. The lowest BCUT2D eigenvalue weighted by Gasteiger charge is -2.10. The molecule has 0 unspecified atom stereocenters. The summed E-state index contributed by atoms with van der Waals surface area (Å²) in [6.45, 7) is 0. The van der Waals surface area contributed by atoms with Crippen LogP contribution in [0.25, 0.3) is 0 Å². The number of hydrogen-bond donors (Lipinski definition) is 2. The molecule has 0 saturated heterocycles. The number of benzene rings is 2. The van der Waals surface area contributed by atoms with Crippen molar-refractivity contribution in [2.45, 2.75) is 23.8 Å². The van der Waals surface area contributed by atoms with E-state index < -0.39 is 38.9 Å². The smallest absolute Gasteiger partial charge is 0.258 e. The first-order valence-corrected chi connectivity index (χ1v) is 8.83. The Balaban J connectivity index is 1.86. The summed E-state index contributed by atoms with van der Waals surface area (Å²) < 4.78 is 66.7. The molecular weight excluding hydrogens is 357 g/mol. The van der Waals surface area contributed by atoms with Crippen LogP contribution in [0.2, 0.25) is 0 Å². The van der Waals surface area contributed by atoms with Gasteiger partial charge in [0, 0.05) is 17.8 Å². The standard InChI is InChI=1S/C16H13F3N2O3S/c17-13-6-4-11(25(23,24)21-9-1-2-9)8-12(13)16(22)20-10-3-5-14(18)15(19)7-10/h3-9,21H,1-2H2,(H,20,22). The minimum atomic E-state index is -3.86. The molecule has 1 fully saturated rings. The van der Waals surface area contributed by atoms with Crippen molar-refractivity contribution >= 4 is 21.6 Å². The van der Waals surface area contributed by atoms with E-state index in [0.717, 1.165) is 49.2 Å². The molecule has 1 saturated carbocycles. The first-order chi connectivity index (χ1) is 11.8. The number of anilines is 1. The molecule has 1 amide bonds. The lowest BCUT2D eigenvalue weighted by atomic mass is 10.2. The minimum Gasteiger partial charge on any atom is -0.322 e. The maximum absolute atomic E-state index is 13.9. The van der Waals surface area contributed by atoms with Crippen LogP contribution in [0.5, 0.6) is 0 Å². The Morgan fingerprint density at radius 3 is 2.28 bits per heavy atom. The second-order valence-corrected chi connectivity index (χ2v) is 7.33. The molecule has 0 radical (unpaired) electrons. The summed E-state index contributed by atoms with van der Waals surface area (Å²) in [7, 11) is -3.86. The van der Waals surface area contributed by atoms with Gasteiger partial charge in [-0.25, -0.2) is 26.3 Å². The number of amides is 1. The summed E-state index contributed by atoms with van der Waals surface area (Å²) >= 11 is 0. The zero-order chi connectivity index (χ0) is 18.2. The highest BCUT2D eigenvalue weighted by Crippen LogP contribution is 2.23. The summed E-state index contributed by atoms with van der Waals surface area (Å²) in [4.78, 5) is 11.9. The molecule has 25 heavy (non-hydrogen) atoms. The minimum absolute atomic E-state index is 0.0901. The van der Waals surface area contributed by atoms with Gasteiger partial charge in [-0.3, -0.25) is 4.79 Å². The molecule has 5 nitrogen and oxygen atoms in total. The molecule has 0 heterocycles. The Bertz CT molecular complexity index is 944. The van der Waals surface area contributed by atoms with E-state index in [1.807, 2.05) is 0 Å². The Morgan fingerprint density at radius 1 is 0.960 bits per heavy atom. The van der Waals surface area contributed by atoms with E-state index in [9.17, 15) is 26.4 Å². The van der Waals surface area contributed by atoms with Gasteiger partial charge in [0.25, 0.3) is 5.91 Å². The van der Waals surface area contributed by atoms with Gasteiger partial charge in [-0.2, -0.15) is 0 Å². The molecule has 1 aliphatic rings. The number of halogens is 3. The average molecular weight is 370 g/mol. The number of carbonyl (C=O) groups excluding carboxylic acids is 1. The SMILES string of the molecule is O=C(Nc1ccc(F)c(F)c1)c1cc(S(=O)(=O)NC2CC2)ccc1F. The largest absolute Gasteiger partial charge is 0.322 e. The molecular formula is C16H13F3N2O3S. The van der Waals surface area contributed by atoms with Crippen molar-refractivity contribution in [1.29, 1.82) is 0 Å². The van der Waals surface area contributed by atoms with Crippen LogP contribution in [0.4, 0.5) is 18.9 Å². The zero-order valence-corrected chi connectivity index (χ0v) is 13.5. The zero-order valence-electron chi connectivity index (χ0n) is 12.7. The van der Waals surface area contributed by atoms with Crippen molar-refractivity contribution in [3.05, 3.63) is 59.4 Å². The van der Waals surface area contributed by atoms with Crippen molar-refractivity contribution in [3.8, 4) is 0 Å². The summed E-state index contributed by atoms with van der Waals surface area (Å²) in [6.07, 6.45) is 1.45. The van der Waals surface area contributed by atoms with Gasteiger partial charge in [0.2, 0.25) is 10.0 Å². The van der Waals surface area contributed by atoms with Crippen LogP contribution < -0.4 is 10.0 Å². The van der Waals surface area contributed by atoms with Crippen molar-refractivity contribution in [2.24, 2.45) is 0 Å². The molecule has 132 valence electrons. The van der Waals surface area contributed by atoms with E-state index in [1.54, 1.807) is 0 Å². The van der Waals surface area contributed by atoms with Gasteiger partial charge in [0.05, 0.1) is 10.5 Å². The molecule has 0 bridgehead atoms. The van der Waals surface area contributed by atoms with Crippen molar-refractivity contribution in [2.75, 3.05) is 5.32 Å². The summed E-state index contributed by atoms with van der Waals surface area (Å²) in [6, 6.07) is 5.31. The Hall–Kier alpha value is -2.39. The molecule has 3 rings (SSSR count). The van der Waals surface area contributed by atoms with Gasteiger partial charge in [-0.1, -0.05) is 0 Å². The maximum Gasteiger partial charge on any atom is 0.258 e. The molecule has 2 aromatic rings. The molecule has 2 N–H and O–H groups in total. The monoisotopic (exact) mass is 370 g/mol. The van der Waals surface area contributed by atoms with Gasteiger partial charge < -0.3 is 5.32 Å². The summed E-state index contributed by atoms with van der Waals surface area (Å²) in [5.41, 5.74) is -0.615. The lowest BCUT2D eigenvalue weighted by molar-refractivity contribution is 0.102. The first-order valence-electron chi connectivity index (χ1n) is 7.34. The van der Waals surface area contributed by atoms with Crippen LogP contribution in [0.3, 0.4) is 0 Å². The fraction of sp³-hybridized carbons (Fsp3) is 0.188. The van der Waals surface area contributed by atoms with E-state index >= 15 is 0 Å². The van der Waals surface area contributed by atoms with Gasteiger partial charge >= 0.3 is 0 Å². The molecule has 0 aromatic heterocycles. The Labute approximate surface area is 141 Å². The van der Waals surface area contributed by atoms with E-state index in [0.29, 0.717) is 0 Å². The van der Waals surface area contributed by atoms with E-state index in [4.69, 9.17) is 0 Å². The Kier molecular flexibility index (Phi) is 4.53. The van der Waals surface area contributed by atoms with Crippen LogP contribution >= 0.6 is 0 Å². The highest BCUT2D eigenvalue weighted by molar-refractivity contribution is 7.89. The third kappa shape index (κ3) is 3.99. The van der Waals surface area contributed by atoms with Crippen LogP contribution in [0.1, 0.15) is 23.2 Å². The third-order valence-corrected chi connectivity index (χ3v) is 5.09. The van der Waals surface area contributed by atoms with E-state index in [2.05, 4.69) is 10.0 Å². The highest BCUT2D eigenvalue weighted by atomic mass is 32.2. The van der Waals surface area contributed by atoms with E-state index in [-0.39, 0.29) is 16.6 Å². The maximum atomic E-state index is 13.9. The fourth-order valence-corrected chi connectivity index (χ4v) is 3.44. The molecule has 0 atom stereocenters. The molecule has 0 aliphatic heterocycles. The topological polar surface area (TPSA) is 75.3 Å². The average Bonchev–Trinajstić information content (AvgIpc) is 3.34. The van der Waals surface area contributed by atoms with Gasteiger partial charge in [-0.05, 0) is 43.2 Å². The predicted octanol–water partition coefficient (Wildman–Crippen LogP) is 2.80. The summed E-state index contributed by atoms with van der Waals surface area (Å²) in [5, 5.41) is 2.20. The fourth-order valence-electron chi connectivity index (χ4n) is 2.11. The van der Waals surface area contributed by atoms with Crippen LogP contribution in [-0.4, -0.2) is 20.4 Å². The van der Waals surface area contributed by atoms with Crippen LogP contribution in [0.15, 0.2) is 41.3 Å². The number of rotatable bonds is 5. The quantitative estimate of drug-likeness (QED) is 0.850. The van der Waals surface area contributed by atoms with Gasteiger partial charge in [-0.15, -0.1) is 0 Å². The Morgan fingerprint density at radius 2 is 1.64 bits per heavy atom. The number of hydrogen-bond acceptors (Lipinski definition) is 3. The van der Waals surface area contributed by atoms with E-state index in [1.165, 1.54) is 0 Å². The van der Waals surface area contributed by atoms with Crippen molar-refractivity contribution < 1.29 is 26.4 Å². The number of carbonyl (C=O) groups is 1. The highest BCUT2D eigenvalue weighted by Gasteiger charge is 2.28. The van der Waals surface area contributed by atoms with Gasteiger partial charge in [0.1, 0.15) is 5.82 Å². The second-order valence-electron chi connectivity index (χ2n) is 5.62. The van der Waals surface area contributed by atoms with Gasteiger partial charge in [0.15, 0.2) is 11.6 Å². The van der Waals surface area contributed by atoms with Crippen molar-refractivity contribution in [3.63, 3.8) is 0 Å². The summed E-state index contributed by atoms with van der Waals surface area (Å²) in [5.74, 6) is -4.19. The molecule has 9 heteroatoms. The van der Waals surface area contributed by atoms with Crippen LogP contribution in [0, 0.1) is 17.5 Å². The third-order valence-electron chi connectivity index (χ3n) is 3.57.